The quantitative estimate of drug-likeness (QED) is 0.874. The van der Waals surface area contributed by atoms with Gasteiger partial charge < -0.3 is 10.0 Å². The van der Waals surface area contributed by atoms with E-state index in [0.29, 0.717) is 18.5 Å². The third-order valence-electron chi connectivity index (χ3n) is 4.85. The number of benzene rings is 1. The van der Waals surface area contributed by atoms with Crippen LogP contribution < -0.4 is 4.90 Å². The lowest BCUT2D eigenvalue weighted by atomic mass is 10.0. The summed E-state index contributed by atoms with van der Waals surface area (Å²) in [6.07, 6.45) is 4.76. The summed E-state index contributed by atoms with van der Waals surface area (Å²) < 4.78 is 0. The molecule has 2 aliphatic heterocycles. The van der Waals surface area contributed by atoms with E-state index in [-0.39, 0.29) is 6.42 Å². The number of nitrogens with zero attached hydrogens (tertiary/aromatic N) is 2. The lowest BCUT2D eigenvalue weighted by molar-refractivity contribution is -0.137. The fourth-order valence-corrected chi connectivity index (χ4v) is 3.93. The second-order valence-corrected chi connectivity index (χ2v) is 6.13. The first kappa shape index (κ1) is 14.4. The number of hydrogen-bond acceptors (Lipinski definition) is 3. The summed E-state index contributed by atoms with van der Waals surface area (Å²) in [5.41, 5.74) is 1.24. The van der Waals surface area contributed by atoms with Gasteiger partial charge in [0, 0.05) is 37.3 Å². The molecule has 21 heavy (non-hydrogen) atoms. The van der Waals surface area contributed by atoms with Crippen LogP contribution in [0, 0.1) is 0 Å². The highest BCUT2D eigenvalue weighted by Gasteiger charge is 2.40. The average Bonchev–Trinajstić information content (AvgIpc) is 3.08. The van der Waals surface area contributed by atoms with Crippen LogP contribution in [0.1, 0.15) is 32.1 Å². The van der Waals surface area contributed by atoms with Crippen molar-refractivity contribution in [3.63, 3.8) is 0 Å². The Bertz CT molecular complexity index is 477. The zero-order valence-corrected chi connectivity index (χ0v) is 12.4. The van der Waals surface area contributed by atoms with Gasteiger partial charge in [0.1, 0.15) is 0 Å². The van der Waals surface area contributed by atoms with Crippen molar-refractivity contribution in [3.05, 3.63) is 30.3 Å². The molecule has 0 saturated carbocycles. The molecule has 1 aromatic rings. The lowest BCUT2D eigenvalue weighted by Crippen LogP contribution is -2.43. The molecule has 0 aliphatic carbocycles. The molecular formula is C17H24N2O2. The molecule has 2 saturated heterocycles. The van der Waals surface area contributed by atoms with Crippen molar-refractivity contribution in [1.82, 2.24) is 4.90 Å². The van der Waals surface area contributed by atoms with Gasteiger partial charge >= 0.3 is 5.97 Å². The summed E-state index contributed by atoms with van der Waals surface area (Å²) in [6, 6.07) is 11.7. The normalized spacial score (nSPS) is 25.0. The van der Waals surface area contributed by atoms with E-state index in [2.05, 4.69) is 34.1 Å². The number of carboxylic acids is 1. The van der Waals surface area contributed by atoms with Gasteiger partial charge in [0.15, 0.2) is 0 Å². The molecule has 4 heteroatoms. The third kappa shape index (κ3) is 3.21. The molecule has 0 bridgehead atoms. The van der Waals surface area contributed by atoms with Gasteiger partial charge in [-0.05, 0) is 44.4 Å². The molecule has 3 rings (SSSR count). The number of carboxylic acid groups (broad SMARTS) is 1. The van der Waals surface area contributed by atoms with Crippen LogP contribution in [-0.2, 0) is 4.79 Å². The number of fused-ring (bicyclic) bond motifs is 1. The molecule has 4 nitrogen and oxygen atoms in total. The molecule has 2 fully saturated rings. The number of para-hydroxylation sites is 1. The summed E-state index contributed by atoms with van der Waals surface area (Å²) in [7, 11) is 0. The van der Waals surface area contributed by atoms with Crippen molar-refractivity contribution >= 4 is 11.7 Å². The SMILES string of the molecule is O=C(O)CCCN(c1ccccc1)C1CCN2CCCC12. The monoisotopic (exact) mass is 288 g/mol. The van der Waals surface area contributed by atoms with E-state index < -0.39 is 5.97 Å². The number of aliphatic carboxylic acids is 1. The Morgan fingerprint density at radius 1 is 1.24 bits per heavy atom. The van der Waals surface area contributed by atoms with E-state index in [1.807, 2.05) is 6.07 Å². The molecule has 2 heterocycles. The Labute approximate surface area is 126 Å². The van der Waals surface area contributed by atoms with Gasteiger partial charge in [0.05, 0.1) is 0 Å². The van der Waals surface area contributed by atoms with Crippen molar-refractivity contribution in [3.8, 4) is 0 Å². The van der Waals surface area contributed by atoms with E-state index in [1.165, 1.54) is 38.0 Å². The Kier molecular flexibility index (Phi) is 4.44. The summed E-state index contributed by atoms with van der Waals surface area (Å²) in [5, 5.41) is 8.89. The predicted octanol–water partition coefficient (Wildman–Crippen LogP) is 2.59. The molecule has 2 atom stereocenters. The molecule has 0 amide bonds. The van der Waals surface area contributed by atoms with Crippen molar-refractivity contribution in [2.24, 2.45) is 0 Å². The minimum atomic E-state index is -0.697. The first-order chi connectivity index (χ1) is 10.3. The number of hydrogen-bond donors (Lipinski definition) is 1. The summed E-state index contributed by atoms with van der Waals surface area (Å²) >= 11 is 0. The Hall–Kier alpha value is -1.55. The highest BCUT2D eigenvalue weighted by atomic mass is 16.4. The summed E-state index contributed by atoms with van der Waals surface area (Å²) in [4.78, 5) is 15.9. The van der Waals surface area contributed by atoms with Crippen LogP contribution in [-0.4, -0.2) is 47.7 Å². The van der Waals surface area contributed by atoms with Crippen LogP contribution in [0.5, 0.6) is 0 Å². The van der Waals surface area contributed by atoms with E-state index in [1.54, 1.807) is 0 Å². The van der Waals surface area contributed by atoms with E-state index in [9.17, 15) is 4.79 Å². The van der Waals surface area contributed by atoms with Crippen molar-refractivity contribution in [2.75, 3.05) is 24.5 Å². The maximum absolute atomic E-state index is 10.8. The molecule has 2 aliphatic rings. The molecule has 1 aromatic carbocycles. The number of anilines is 1. The molecule has 0 aromatic heterocycles. The van der Waals surface area contributed by atoms with E-state index in [4.69, 9.17) is 5.11 Å². The zero-order chi connectivity index (χ0) is 14.7. The van der Waals surface area contributed by atoms with Gasteiger partial charge in [-0.3, -0.25) is 9.69 Å². The van der Waals surface area contributed by atoms with Crippen molar-refractivity contribution in [2.45, 2.75) is 44.2 Å². The van der Waals surface area contributed by atoms with Gasteiger partial charge in [-0.25, -0.2) is 0 Å². The molecule has 114 valence electrons. The van der Waals surface area contributed by atoms with Gasteiger partial charge in [-0.15, -0.1) is 0 Å². The summed E-state index contributed by atoms with van der Waals surface area (Å²) in [6.45, 7) is 3.27. The topological polar surface area (TPSA) is 43.8 Å². The predicted molar refractivity (Wildman–Crippen MR) is 83.7 cm³/mol. The number of rotatable bonds is 6. The fraction of sp³-hybridized carbons (Fsp3) is 0.588. The first-order valence-electron chi connectivity index (χ1n) is 8.03. The van der Waals surface area contributed by atoms with Crippen LogP contribution in [0.15, 0.2) is 30.3 Å². The molecule has 0 spiro atoms. The number of carbonyl (C=O) groups is 1. The maximum atomic E-state index is 10.8. The maximum Gasteiger partial charge on any atom is 0.303 e. The van der Waals surface area contributed by atoms with Crippen LogP contribution in [0.25, 0.3) is 0 Å². The molecule has 2 unspecified atom stereocenters. The van der Waals surface area contributed by atoms with Crippen molar-refractivity contribution in [1.29, 1.82) is 0 Å². The van der Waals surface area contributed by atoms with Crippen LogP contribution >= 0.6 is 0 Å². The van der Waals surface area contributed by atoms with Crippen LogP contribution in [0.3, 0.4) is 0 Å². The lowest BCUT2D eigenvalue weighted by Gasteiger charge is -2.35. The van der Waals surface area contributed by atoms with E-state index >= 15 is 0 Å². The molecule has 0 radical (unpaired) electrons. The van der Waals surface area contributed by atoms with Gasteiger partial charge in [0.2, 0.25) is 0 Å². The van der Waals surface area contributed by atoms with Crippen LogP contribution in [0.4, 0.5) is 5.69 Å². The van der Waals surface area contributed by atoms with Crippen LogP contribution in [0.2, 0.25) is 0 Å². The second kappa shape index (κ2) is 6.48. The Morgan fingerprint density at radius 2 is 2.05 bits per heavy atom. The van der Waals surface area contributed by atoms with Crippen molar-refractivity contribution < 1.29 is 9.90 Å². The highest BCUT2D eigenvalue weighted by molar-refractivity contribution is 5.66. The third-order valence-corrected chi connectivity index (χ3v) is 4.85. The Balaban J connectivity index is 1.74. The standard InChI is InChI=1S/C17H24N2O2/c20-17(21)9-5-12-19(14-6-2-1-3-7-14)16-10-13-18-11-4-8-15(16)18/h1-3,6-7,15-16H,4-5,8-13H2,(H,20,21). The van der Waals surface area contributed by atoms with Gasteiger partial charge in [-0.1, -0.05) is 18.2 Å². The minimum Gasteiger partial charge on any atom is -0.481 e. The smallest absolute Gasteiger partial charge is 0.303 e. The largest absolute Gasteiger partial charge is 0.481 e. The fourth-order valence-electron chi connectivity index (χ4n) is 3.93. The molecular weight excluding hydrogens is 264 g/mol. The highest BCUT2D eigenvalue weighted by Crippen LogP contribution is 2.33. The van der Waals surface area contributed by atoms with Gasteiger partial charge in [0.25, 0.3) is 0 Å². The molecule has 1 N–H and O–H groups in total. The Morgan fingerprint density at radius 3 is 2.81 bits per heavy atom. The average molecular weight is 288 g/mol. The second-order valence-electron chi connectivity index (χ2n) is 6.13. The first-order valence-corrected chi connectivity index (χ1v) is 8.03. The minimum absolute atomic E-state index is 0.254. The summed E-state index contributed by atoms with van der Waals surface area (Å²) in [5.74, 6) is -0.697. The van der Waals surface area contributed by atoms with E-state index in [0.717, 1.165) is 6.54 Å². The van der Waals surface area contributed by atoms with Gasteiger partial charge in [-0.2, -0.15) is 0 Å². The zero-order valence-electron chi connectivity index (χ0n) is 12.4.